The van der Waals surface area contributed by atoms with E-state index in [1.807, 2.05) is 0 Å². The second-order valence-corrected chi connectivity index (χ2v) is 9.04. The molecule has 1 unspecified atom stereocenters. The molecule has 1 aliphatic carbocycles. The highest BCUT2D eigenvalue weighted by molar-refractivity contribution is 5.55. The zero-order valence-corrected chi connectivity index (χ0v) is 18.9. The smallest absolute Gasteiger partial charge is 0.0594 e. The maximum Gasteiger partial charge on any atom is 0.0594 e. The molecule has 3 heteroatoms. The summed E-state index contributed by atoms with van der Waals surface area (Å²) in [7, 11) is 0. The van der Waals surface area contributed by atoms with Gasteiger partial charge in [-0.15, -0.1) is 0 Å². The van der Waals surface area contributed by atoms with Gasteiger partial charge in [-0.25, -0.2) is 0 Å². The number of morpholine rings is 1. The lowest BCUT2D eigenvalue weighted by Gasteiger charge is -2.38. The minimum Gasteiger partial charge on any atom is -0.379 e. The van der Waals surface area contributed by atoms with E-state index >= 15 is 0 Å². The molecule has 2 aliphatic rings. The number of unbranched alkanes of at least 4 members (excludes halogenated alkanes) is 1. The Hall–Kier alpha value is -1.84. The predicted molar refractivity (Wildman–Crippen MR) is 126 cm³/mol. The molecule has 0 spiro atoms. The first kappa shape index (κ1) is 21.4. The van der Waals surface area contributed by atoms with Crippen LogP contribution in [0, 0.1) is 6.92 Å². The number of fused-ring (bicyclic) bond motifs is 1. The summed E-state index contributed by atoms with van der Waals surface area (Å²) in [5, 5.41) is 0. The number of aryl methyl sites for hydroxylation is 1. The SMILES string of the molecule is CCCCC(CCN(c1ccccc1C)C1Cc2ccccc2C1)N1CCOCC1. The van der Waals surface area contributed by atoms with Gasteiger partial charge in [0.05, 0.1) is 13.2 Å². The normalized spacial score (nSPS) is 18.3. The minimum atomic E-state index is 0.569. The third-order valence-electron chi connectivity index (χ3n) is 7.05. The summed E-state index contributed by atoms with van der Waals surface area (Å²) in [4.78, 5) is 5.42. The van der Waals surface area contributed by atoms with Crippen molar-refractivity contribution in [3.05, 3.63) is 65.2 Å². The highest BCUT2D eigenvalue weighted by Crippen LogP contribution is 2.31. The van der Waals surface area contributed by atoms with Crippen molar-refractivity contribution in [3.63, 3.8) is 0 Å². The largest absolute Gasteiger partial charge is 0.379 e. The molecule has 3 nitrogen and oxygen atoms in total. The zero-order valence-electron chi connectivity index (χ0n) is 18.9. The van der Waals surface area contributed by atoms with Crippen LogP contribution in [-0.4, -0.2) is 49.8 Å². The van der Waals surface area contributed by atoms with Crippen LogP contribution in [0.5, 0.6) is 0 Å². The number of nitrogens with zero attached hydrogens (tertiary/aromatic N) is 2. The number of ether oxygens (including phenoxy) is 1. The molecule has 0 bridgehead atoms. The first-order chi connectivity index (χ1) is 14.8. The second kappa shape index (κ2) is 10.5. The molecule has 4 rings (SSSR count). The van der Waals surface area contributed by atoms with Crippen molar-refractivity contribution in [2.24, 2.45) is 0 Å². The Morgan fingerprint density at radius 3 is 2.30 bits per heavy atom. The Balaban J connectivity index is 1.51. The van der Waals surface area contributed by atoms with Crippen LogP contribution in [0.25, 0.3) is 0 Å². The molecule has 1 fully saturated rings. The van der Waals surface area contributed by atoms with Gasteiger partial charge in [-0.1, -0.05) is 62.2 Å². The number of para-hydroxylation sites is 1. The molecule has 0 amide bonds. The highest BCUT2D eigenvalue weighted by Gasteiger charge is 2.29. The first-order valence-corrected chi connectivity index (χ1v) is 12.0. The molecule has 0 N–H and O–H groups in total. The molecular weight excluding hydrogens is 368 g/mol. The van der Waals surface area contributed by atoms with E-state index in [2.05, 4.69) is 72.2 Å². The van der Waals surface area contributed by atoms with E-state index in [1.165, 1.54) is 60.9 Å². The van der Waals surface area contributed by atoms with Crippen LogP contribution in [0.1, 0.15) is 49.3 Å². The molecule has 1 heterocycles. The van der Waals surface area contributed by atoms with Gasteiger partial charge in [0.15, 0.2) is 0 Å². The first-order valence-electron chi connectivity index (χ1n) is 12.0. The third-order valence-corrected chi connectivity index (χ3v) is 7.05. The molecule has 162 valence electrons. The van der Waals surface area contributed by atoms with Crippen molar-refractivity contribution < 1.29 is 4.74 Å². The van der Waals surface area contributed by atoms with Crippen LogP contribution >= 0.6 is 0 Å². The van der Waals surface area contributed by atoms with Gasteiger partial charge in [-0.3, -0.25) is 4.90 Å². The van der Waals surface area contributed by atoms with Crippen molar-refractivity contribution in [1.82, 2.24) is 4.90 Å². The van der Waals surface area contributed by atoms with Crippen molar-refractivity contribution >= 4 is 5.69 Å². The molecule has 0 saturated carbocycles. The molecule has 30 heavy (non-hydrogen) atoms. The Kier molecular flexibility index (Phi) is 7.46. The fourth-order valence-corrected chi connectivity index (χ4v) is 5.32. The van der Waals surface area contributed by atoms with Crippen molar-refractivity contribution in [1.29, 1.82) is 0 Å². The Bertz CT molecular complexity index is 774. The van der Waals surface area contributed by atoms with Crippen molar-refractivity contribution in [3.8, 4) is 0 Å². The minimum absolute atomic E-state index is 0.569. The molecule has 1 aliphatic heterocycles. The number of hydrogen-bond donors (Lipinski definition) is 0. The van der Waals surface area contributed by atoms with E-state index in [1.54, 1.807) is 0 Å². The average molecular weight is 407 g/mol. The van der Waals surface area contributed by atoms with E-state index < -0.39 is 0 Å². The van der Waals surface area contributed by atoms with E-state index in [4.69, 9.17) is 4.74 Å². The third kappa shape index (κ3) is 5.07. The van der Waals surface area contributed by atoms with Gasteiger partial charge in [0.2, 0.25) is 0 Å². The Morgan fingerprint density at radius 2 is 1.63 bits per heavy atom. The van der Waals surface area contributed by atoms with Crippen LogP contribution in [0.4, 0.5) is 5.69 Å². The molecule has 0 radical (unpaired) electrons. The van der Waals surface area contributed by atoms with Crippen molar-refractivity contribution in [2.45, 2.75) is 64.5 Å². The maximum atomic E-state index is 5.63. The highest BCUT2D eigenvalue weighted by atomic mass is 16.5. The average Bonchev–Trinajstić information content (AvgIpc) is 3.21. The van der Waals surface area contributed by atoms with Gasteiger partial charge < -0.3 is 9.64 Å². The van der Waals surface area contributed by atoms with Crippen LogP contribution in [-0.2, 0) is 17.6 Å². The topological polar surface area (TPSA) is 15.7 Å². The Labute approximate surface area is 183 Å². The lowest BCUT2D eigenvalue weighted by Crippen LogP contribution is -2.46. The van der Waals surface area contributed by atoms with E-state index in [0.29, 0.717) is 12.1 Å². The lowest BCUT2D eigenvalue weighted by atomic mass is 10.0. The van der Waals surface area contributed by atoms with E-state index in [0.717, 1.165) is 32.8 Å². The zero-order chi connectivity index (χ0) is 20.8. The van der Waals surface area contributed by atoms with Gasteiger partial charge in [0.25, 0.3) is 0 Å². The molecule has 2 aromatic rings. The molecule has 1 atom stereocenters. The number of anilines is 1. The van der Waals surface area contributed by atoms with Crippen LogP contribution < -0.4 is 4.90 Å². The quantitative estimate of drug-likeness (QED) is 0.566. The fraction of sp³-hybridized carbons (Fsp3) is 0.556. The van der Waals surface area contributed by atoms with Gasteiger partial charge in [0, 0.05) is 37.4 Å². The number of benzene rings is 2. The van der Waals surface area contributed by atoms with Crippen LogP contribution in [0.15, 0.2) is 48.5 Å². The summed E-state index contributed by atoms with van der Waals surface area (Å²) in [6, 6.07) is 19.2. The van der Waals surface area contributed by atoms with Gasteiger partial charge in [0.1, 0.15) is 0 Å². The van der Waals surface area contributed by atoms with E-state index in [-0.39, 0.29) is 0 Å². The molecule has 1 saturated heterocycles. The maximum absolute atomic E-state index is 5.63. The summed E-state index contributed by atoms with van der Waals surface area (Å²) < 4.78 is 5.63. The summed E-state index contributed by atoms with van der Waals surface area (Å²) >= 11 is 0. The summed E-state index contributed by atoms with van der Waals surface area (Å²) in [6.07, 6.45) is 7.48. The van der Waals surface area contributed by atoms with E-state index in [9.17, 15) is 0 Å². The fourth-order valence-electron chi connectivity index (χ4n) is 5.32. The standard InChI is InChI=1S/C27H38N2O/c1-3-4-12-25(28-16-18-30-19-17-28)14-15-29(27-13-8-5-9-22(27)2)26-20-23-10-6-7-11-24(23)21-26/h5-11,13,25-26H,3-4,12,14-21H2,1-2H3. The van der Waals surface area contributed by atoms with Gasteiger partial charge in [-0.05, 0) is 55.4 Å². The lowest BCUT2D eigenvalue weighted by molar-refractivity contribution is 0.0128. The Morgan fingerprint density at radius 1 is 0.967 bits per heavy atom. The van der Waals surface area contributed by atoms with Crippen LogP contribution in [0.3, 0.4) is 0 Å². The molecule has 2 aromatic carbocycles. The number of hydrogen-bond acceptors (Lipinski definition) is 3. The van der Waals surface area contributed by atoms with Gasteiger partial charge >= 0.3 is 0 Å². The number of rotatable bonds is 9. The monoisotopic (exact) mass is 406 g/mol. The van der Waals surface area contributed by atoms with Crippen molar-refractivity contribution in [2.75, 3.05) is 37.7 Å². The summed E-state index contributed by atoms with van der Waals surface area (Å²) in [5.41, 5.74) is 5.89. The predicted octanol–water partition coefficient (Wildman–Crippen LogP) is 5.25. The summed E-state index contributed by atoms with van der Waals surface area (Å²) in [5.74, 6) is 0. The molecular formula is C27H38N2O. The van der Waals surface area contributed by atoms with Gasteiger partial charge in [-0.2, -0.15) is 0 Å². The molecule has 0 aromatic heterocycles. The second-order valence-electron chi connectivity index (χ2n) is 9.04. The van der Waals surface area contributed by atoms with Crippen LogP contribution in [0.2, 0.25) is 0 Å². The summed E-state index contributed by atoms with van der Waals surface area (Å²) in [6.45, 7) is 9.67.